The minimum absolute atomic E-state index is 0.0456. The molecule has 7 nitrogen and oxygen atoms in total. The molecule has 0 aromatic carbocycles. The van der Waals surface area contributed by atoms with Gasteiger partial charge in [0.2, 0.25) is 0 Å². The van der Waals surface area contributed by atoms with Crippen LogP contribution in [0.1, 0.15) is 64.3 Å². The number of amides is 1. The van der Waals surface area contributed by atoms with Gasteiger partial charge in [-0.1, -0.05) is 20.8 Å². The Morgan fingerprint density at radius 3 is 2.43 bits per heavy atom. The van der Waals surface area contributed by atoms with Gasteiger partial charge in [0, 0.05) is 11.1 Å². The van der Waals surface area contributed by atoms with E-state index in [4.69, 9.17) is 5.11 Å². The molecule has 0 saturated carbocycles. The predicted octanol–water partition coefficient (Wildman–Crippen LogP) is 2.28. The van der Waals surface area contributed by atoms with E-state index in [1.807, 2.05) is 6.07 Å². The fourth-order valence-electron chi connectivity index (χ4n) is 2.40. The van der Waals surface area contributed by atoms with Crippen LogP contribution in [0.4, 0.5) is 0 Å². The summed E-state index contributed by atoms with van der Waals surface area (Å²) in [4.78, 5) is 26.2. The average molecular weight is 318 g/mol. The van der Waals surface area contributed by atoms with Gasteiger partial charge in [-0.15, -0.1) is 0 Å². The van der Waals surface area contributed by atoms with Crippen LogP contribution in [-0.2, 0) is 12.0 Å². The molecule has 0 saturated heterocycles. The Morgan fingerprint density at radius 2 is 1.96 bits per heavy atom. The van der Waals surface area contributed by atoms with Crippen LogP contribution in [-0.4, -0.2) is 32.2 Å². The zero-order valence-corrected chi connectivity index (χ0v) is 14.0. The van der Waals surface area contributed by atoms with Crippen molar-refractivity contribution in [3.05, 3.63) is 40.0 Å². The Kier molecular flexibility index (Phi) is 4.31. The topological polar surface area (TPSA) is 111 Å². The van der Waals surface area contributed by atoms with Crippen LogP contribution >= 0.6 is 0 Å². The first kappa shape index (κ1) is 16.8. The first-order chi connectivity index (χ1) is 10.6. The van der Waals surface area contributed by atoms with Gasteiger partial charge >= 0.3 is 5.97 Å². The molecule has 2 rings (SSSR count). The van der Waals surface area contributed by atoms with E-state index in [-0.39, 0.29) is 17.0 Å². The van der Waals surface area contributed by atoms with Crippen LogP contribution in [0.2, 0.25) is 0 Å². The number of carbonyl (C=O) groups excluding carboxylic acids is 1. The number of aromatic carboxylic acids is 1. The van der Waals surface area contributed by atoms with E-state index in [1.54, 1.807) is 13.8 Å². The third kappa shape index (κ3) is 3.44. The number of hydrogen-bond acceptors (Lipinski definition) is 3. The minimum atomic E-state index is -1.08. The largest absolute Gasteiger partial charge is 0.477 e. The van der Waals surface area contributed by atoms with Gasteiger partial charge in [-0.3, -0.25) is 9.89 Å². The quantitative estimate of drug-likeness (QED) is 0.693. The Hall–Kier alpha value is -2.57. The number of rotatable bonds is 4. The molecule has 0 atom stereocenters. The lowest BCUT2D eigenvalue weighted by Crippen LogP contribution is -2.24. The maximum absolute atomic E-state index is 12.3. The maximum Gasteiger partial charge on any atom is 0.352 e. The first-order valence-corrected chi connectivity index (χ1v) is 7.36. The van der Waals surface area contributed by atoms with Gasteiger partial charge in [-0.05, 0) is 25.5 Å². The summed E-state index contributed by atoms with van der Waals surface area (Å²) in [5, 5.41) is 19.0. The van der Waals surface area contributed by atoms with Crippen LogP contribution in [0.15, 0.2) is 6.07 Å². The zero-order chi connectivity index (χ0) is 17.4. The molecule has 2 aromatic heterocycles. The highest BCUT2D eigenvalue weighted by Crippen LogP contribution is 2.21. The number of carbonyl (C=O) groups is 2. The third-order valence-electron chi connectivity index (χ3n) is 3.72. The van der Waals surface area contributed by atoms with Crippen molar-refractivity contribution in [1.82, 2.24) is 20.5 Å². The molecule has 0 fully saturated rings. The lowest BCUT2D eigenvalue weighted by atomic mass is 9.92. The molecular weight excluding hydrogens is 296 g/mol. The summed E-state index contributed by atoms with van der Waals surface area (Å²) in [6.45, 7) is 9.79. The van der Waals surface area contributed by atoms with Crippen molar-refractivity contribution < 1.29 is 14.7 Å². The molecule has 0 radical (unpaired) electrons. The van der Waals surface area contributed by atoms with Gasteiger partial charge in [-0.25, -0.2) is 4.79 Å². The molecule has 0 bridgehead atoms. The van der Waals surface area contributed by atoms with E-state index in [0.717, 1.165) is 11.4 Å². The van der Waals surface area contributed by atoms with Gasteiger partial charge < -0.3 is 15.4 Å². The average Bonchev–Trinajstić information content (AvgIpc) is 3.01. The summed E-state index contributed by atoms with van der Waals surface area (Å²) in [5.74, 6) is -1.39. The monoisotopic (exact) mass is 318 g/mol. The zero-order valence-electron chi connectivity index (χ0n) is 14.0. The van der Waals surface area contributed by atoms with Gasteiger partial charge in [0.15, 0.2) is 0 Å². The van der Waals surface area contributed by atoms with E-state index in [2.05, 4.69) is 41.3 Å². The van der Waals surface area contributed by atoms with Crippen LogP contribution < -0.4 is 5.32 Å². The molecule has 0 unspecified atom stereocenters. The van der Waals surface area contributed by atoms with Gasteiger partial charge in [0.25, 0.3) is 5.91 Å². The highest BCUT2D eigenvalue weighted by molar-refractivity contribution is 6.00. The fraction of sp³-hybridized carbons (Fsp3) is 0.438. The lowest BCUT2D eigenvalue weighted by molar-refractivity contribution is 0.0690. The highest BCUT2D eigenvalue weighted by atomic mass is 16.4. The molecule has 2 aromatic rings. The van der Waals surface area contributed by atoms with Crippen LogP contribution in [0, 0.1) is 13.8 Å². The number of carboxylic acid groups (broad SMARTS) is 1. The van der Waals surface area contributed by atoms with Crippen molar-refractivity contribution in [2.24, 2.45) is 0 Å². The van der Waals surface area contributed by atoms with Gasteiger partial charge in [-0.2, -0.15) is 5.10 Å². The maximum atomic E-state index is 12.3. The Balaban J connectivity index is 2.12. The summed E-state index contributed by atoms with van der Waals surface area (Å²) in [7, 11) is 0. The number of aromatic amines is 2. The smallest absolute Gasteiger partial charge is 0.352 e. The Bertz CT molecular complexity index is 750. The van der Waals surface area contributed by atoms with E-state index in [1.165, 1.54) is 0 Å². The van der Waals surface area contributed by atoms with Crippen LogP contribution in [0.25, 0.3) is 0 Å². The summed E-state index contributed by atoms with van der Waals surface area (Å²) >= 11 is 0. The molecule has 7 heteroatoms. The molecular formula is C16H22N4O3. The summed E-state index contributed by atoms with van der Waals surface area (Å²) in [6.07, 6.45) is 0. The molecule has 0 aliphatic heterocycles. The molecule has 23 heavy (non-hydrogen) atoms. The molecule has 0 spiro atoms. The van der Waals surface area contributed by atoms with Gasteiger partial charge in [0.05, 0.1) is 23.5 Å². The molecule has 0 aliphatic carbocycles. The van der Waals surface area contributed by atoms with Crippen molar-refractivity contribution in [3.63, 3.8) is 0 Å². The predicted molar refractivity (Wildman–Crippen MR) is 85.7 cm³/mol. The number of nitrogens with one attached hydrogen (secondary N) is 3. The van der Waals surface area contributed by atoms with Gasteiger partial charge in [0.1, 0.15) is 5.69 Å². The SMILES string of the molecule is Cc1[nH]c(C(=O)O)c(C)c1C(=O)NCc1cc(C(C)(C)C)n[nH]1. The van der Waals surface area contributed by atoms with Crippen molar-refractivity contribution >= 4 is 11.9 Å². The fourth-order valence-corrected chi connectivity index (χ4v) is 2.40. The molecule has 0 aliphatic rings. The van der Waals surface area contributed by atoms with Crippen molar-refractivity contribution in [2.45, 2.75) is 46.6 Å². The Labute approximate surface area is 134 Å². The second kappa shape index (κ2) is 5.91. The van der Waals surface area contributed by atoms with E-state index in [0.29, 0.717) is 23.4 Å². The summed E-state index contributed by atoms with van der Waals surface area (Å²) in [6, 6.07) is 1.92. The molecule has 2 heterocycles. The molecule has 4 N–H and O–H groups in total. The Morgan fingerprint density at radius 1 is 1.30 bits per heavy atom. The second-order valence-corrected chi connectivity index (χ2v) is 6.64. The van der Waals surface area contributed by atoms with Crippen molar-refractivity contribution in [2.75, 3.05) is 0 Å². The highest BCUT2D eigenvalue weighted by Gasteiger charge is 2.22. The number of aromatic nitrogens is 3. The summed E-state index contributed by atoms with van der Waals surface area (Å²) in [5.41, 5.74) is 3.05. The first-order valence-electron chi connectivity index (χ1n) is 7.36. The van der Waals surface area contributed by atoms with Crippen molar-refractivity contribution in [1.29, 1.82) is 0 Å². The lowest BCUT2D eigenvalue weighted by Gasteiger charge is -2.13. The number of nitrogens with zero attached hydrogens (tertiary/aromatic N) is 1. The number of carboxylic acids is 1. The third-order valence-corrected chi connectivity index (χ3v) is 3.72. The van der Waals surface area contributed by atoms with E-state index in [9.17, 15) is 9.59 Å². The molecule has 124 valence electrons. The minimum Gasteiger partial charge on any atom is -0.477 e. The van der Waals surface area contributed by atoms with E-state index < -0.39 is 5.97 Å². The van der Waals surface area contributed by atoms with Crippen molar-refractivity contribution in [3.8, 4) is 0 Å². The number of H-pyrrole nitrogens is 2. The van der Waals surface area contributed by atoms with E-state index >= 15 is 0 Å². The summed E-state index contributed by atoms with van der Waals surface area (Å²) < 4.78 is 0. The normalized spacial score (nSPS) is 11.5. The second-order valence-electron chi connectivity index (χ2n) is 6.64. The number of aryl methyl sites for hydroxylation is 1. The van der Waals surface area contributed by atoms with Crippen LogP contribution in [0.5, 0.6) is 0 Å². The standard InChI is InChI=1S/C16H22N4O3/c1-8-12(9(2)18-13(8)15(22)23)14(21)17-7-10-6-11(20-19-10)16(3,4)5/h6,18H,7H2,1-5H3,(H,17,21)(H,19,20)(H,22,23). The molecule has 1 amide bonds. The number of hydrogen-bond donors (Lipinski definition) is 4. The van der Waals surface area contributed by atoms with Crippen LogP contribution in [0.3, 0.4) is 0 Å².